The highest BCUT2D eigenvalue weighted by Crippen LogP contribution is 2.34. The van der Waals surface area contributed by atoms with Gasteiger partial charge in [0.05, 0.1) is 11.1 Å². The zero-order chi connectivity index (χ0) is 20.2. The van der Waals surface area contributed by atoms with E-state index in [0.29, 0.717) is 28.9 Å². The van der Waals surface area contributed by atoms with Crippen molar-refractivity contribution in [3.8, 4) is 0 Å². The molecule has 4 rings (SSSR count). The normalized spacial score (nSPS) is 13.1. The van der Waals surface area contributed by atoms with Gasteiger partial charge in [0.1, 0.15) is 15.7 Å². The number of unbranched alkanes of at least 4 members (excludes halogenated alkanes) is 1. The second-order valence-electron chi connectivity index (χ2n) is 7.01. The first kappa shape index (κ1) is 20.5. The van der Waals surface area contributed by atoms with E-state index in [1.165, 1.54) is 21.8 Å². The van der Waals surface area contributed by atoms with Gasteiger partial charge < -0.3 is 10.3 Å². The fraction of sp³-hybridized carbons (Fsp3) is 0.526. The minimum atomic E-state index is -0.0673. The van der Waals surface area contributed by atoms with Crippen LogP contribution in [0.15, 0.2) is 4.79 Å². The summed E-state index contributed by atoms with van der Waals surface area (Å²) in [5.74, 6) is 1.84. The molecule has 3 aromatic rings. The number of nitrogens with zero attached hydrogens (tertiary/aromatic N) is 3. The molecule has 1 amide bonds. The van der Waals surface area contributed by atoms with Crippen molar-refractivity contribution >= 4 is 55.7 Å². The molecule has 0 unspecified atom stereocenters. The Morgan fingerprint density at radius 3 is 3.03 bits per heavy atom. The summed E-state index contributed by atoms with van der Waals surface area (Å²) in [6.45, 7) is 2.14. The number of carbonyl (C=O) groups excluding carboxylic acids is 1. The monoisotopic (exact) mass is 449 g/mol. The van der Waals surface area contributed by atoms with Gasteiger partial charge >= 0.3 is 0 Å². The number of rotatable bonds is 9. The molecular formula is C19H23N5O2S3. The summed E-state index contributed by atoms with van der Waals surface area (Å²) in [5, 5.41) is 13.2. The minimum Gasteiger partial charge on any atom is -0.309 e. The van der Waals surface area contributed by atoms with Crippen molar-refractivity contribution in [2.75, 3.05) is 11.1 Å². The Kier molecular flexibility index (Phi) is 6.61. The number of hydrogen-bond acceptors (Lipinski definition) is 8. The predicted octanol–water partition coefficient (Wildman–Crippen LogP) is 3.93. The van der Waals surface area contributed by atoms with Crippen LogP contribution in [-0.2, 0) is 29.8 Å². The van der Waals surface area contributed by atoms with E-state index in [4.69, 9.17) is 0 Å². The lowest BCUT2D eigenvalue weighted by Gasteiger charge is -2.03. The van der Waals surface area contributed by atoms with E-state index in [-0.39, 0.29) is 11.5 Å². The van der Waals surface area contributed by atoms with Gasteiger partial charge in [-0.1, -0.05) is 24.7 Å². The van der Waals surface area contributed by atoms with Gasteiger partial charge in [-0.15, -0.1) is 21.5 Å². The maximum absolute atomic E-state index is 12.5. The largest absolute Gasteiger partial charge is 0.309 e. The van der Waals surface area contributed by atoms with Crippen LogP contribution in [0, 0.1) is 0 Å². The van der Waals surface area contributed by atoms with Crippen LogP contribution < -0.4 is 10.9 Å². The van der Waals surface area contributed by atoms with Crippen molar-refractivity contribution in [1.29, 1.82) is 0 Å². The third kappa shape index (κ3) is 4.87. The number of aromatic nitrogens is 4. The number of fused-ring (bicyclic) bond motifs is 3. The Morgan fingerprint density at radius 1 is 1.28 bits per heavy atom. The van der Waals surface area contributed by atoms with Gasteiger partial charge in [-0.3, -0.25) is 9.59 Å². The fourth-order valence-electron chi connectivity index (χ4n) is 3.36. The van der Waals surface area contributed by atoms with Crippen LogP contribution in [0.4, 0.5) is 5.13 Å². The van der Waals surface area contributed by atoms with Crippen molar-refractivity contribution < 1.29 is 4.79 Å². The first-order chi connectivity index (χ1) is 14.1. The van der Waals surface area contributed by atoms with Crippen molar-refractivity contribution in [1.82, 2.24) is 20.2 Å². The summed E-state index contributed by atoms with van der Waals surface area (Å²) in [6.07, 6.45) is 6.65. The molecule has 154 valence electrons. The molecule has 0 radical (unpaired) electrons. The summed E-state index contributed by atoms with van der Waals surface area (Å²) in [6, 6.07) is 0. The van der Waals surface area contributed by atoms with Crippen LogP contribution in [0.3, 0.4) is 0 Å². The molecule has 0 aromatic carbocycles. The lowest BCUT2D eigenvalue weighted by molar-refractivity contribution is -0.115. The number of hydrogen-bond donors (Lipinski definition) is 2. The van der Waals surface area contributed by atoms with Crippen molar-refractivity contribution in [2.24, 2.45) is 0 Å². The second-order valence-corrected chi connectivity index (χ2v) is 10.3. The van der Waals surface area contributed by atoms with E-state index in [1.54, 1.807) is 23.1 Å². The highest BCUT2D eigenvalue weighted by atomic mass is 32.2. The highest BCUT2D eigenvalue weighted by Gasteiger charge is 2.21. The van der Waals surface area contributed by atoms with Crippen LogP contribution in [0.5, 0.6) is 0 Å². The van der Waals surface area contributed by atoms with Gasteiger partial charge in [-0.05, 0) is 31.2 Å². The maximum Gasteiger partial charge on any atom is 0.259 e. The smallest absolute Gasteiger partial charge is 0.259 e. The maximum atomic E-state index is 12.5. The average Bonchev–Trinajstić information content (AvgIpc) is 3.39. The van der Waals surface area contributed by atoms with Crippen LogP contribution in [0.2, 0.25) is 0 Å². The number of anilines is 1. The topological polar surface area (TPSA) is 101 Å². The summed E-state index contributed by atoms with van der Waals surface area (Å²) < 4.78 is 0. The van der Waals surface area contributed by atoms with E-state index in [0.717, 1.165) is 53.7 Å². The van der Waals surface area contributed by atoms with Crippen molar-refractivity contribution in [2.45, 2.75) is 57.6 Å². The number of H-pyrrole nitrogens is 1. The molecule has 0 spiro atoms. The van der Waals surface area contributed by atoms with Gasteiger partial charge in [0.2, 0.25) is 11.0 Å². The lowest BCUT2D eigenvalue weighted by atomic mass is 10.2. The Labute approximate surface area is 180 Å². The van der Waals surface area contributed by atoms with Crippen LogP contribution >= 0.6 is 34.4 Å². The Morgan fingerprint density at radius 2 is 2.17 bits per heavy atom. The predicted molar refractivity (Wildman–Crippen MR) is 120 cm³/mol. The zero-order valence-electron chi connectivity index (χ0n) is 16.2. The number of carbonyl (C=O) groups is 1. The third-order valence-corrected chi connectivity index (χ3v) is 7.85. The number of aryl methyl sites for hydroxylation is 3. The number of amides is 1. The highest BCUT2D eigenvalue weighted by molar-refractivity contribution is 7.98. The molecular weight excluding hydrogens is 426 g/mol. The van der Waals surface area contributed by atoms with E-state index in [2.05, 4.69) is 32.4 Å². The summed E-state index contributed by atoms with van der Waals surface area (Å²) in [5.41, 5.74) is 1.17. The summed E-state index contributed by atoms with van der Waals surface area (Å²) in [4.78, 5) is 34.3. The second kappa shape index (κ2) is 9.36. The quantitative estimate of drug-likeness (QED) is 0.480. The molecule has 0 saturated carbocycles. The molecule has 2 N–H and O–H groups in total. The standard InChI is InChI=1S/C19H23N5O2S3/c1-2-3-7-15-23-24-19(29-15)22-14(25)8-9-27-10-13-20-17(26)16-11-5-4-6-12(11)28-18(16)21-13/h2-10H2,1H3,(H,20,21,26)(H,22,24,25). The van der Waals surface area contributed by atoms with E-state index < -0.39 is 0 Å². The average molecular weight is 450 g/mol. The molecule has 0 aliphatic heterocycles. The fourth-order valence-corrected chi connectivity index (χ4v) is 6.25. The molecule has 0 atom stereocenters. The van der Waals surface area contributed by atoms with Crippen molar-refractivity contribution in [3.63, 3.8) is 0 Å². The third-order valence-electron chi connectivity index (χ3n) is 4.79. The van der Waals surface area contributed by atoms with E-state index in [1.807, 2.05) is 0 Å². The molecule has 10 heteroatoms. The molecule has 7 nitrogen and oxygen atoms in total. The van der Waals surface area contributed by atoms with Crippen molar-refractivity contribution in [3.05, 3.63) is 31.6 Å². The van der Waals surface area contributed by atoms with E-state index in [9.17, 15) is 9.59 Å². The SMILES string of the molecule is CCCCc1nnc(NC(=O)CCSCc2nc3sc4c(c3c(=O)[nH]2)CCC4)s1. The van der Waals surface area contributed by atoms with Gasteiger partial charge in [-0.2, -0.15) is 11.8 Å². The number of aromatic amines is 1. The van der Waals surface area contributed by atoms with Crippen LogP contribution in [-0.4, -0.2) is 31.8 Å². The Balaban J connectivity index is 1.25. The molecule has 1 aliphatic rings. The molecule has 29 heavy (non-hydrogen) atoms. The number of thiophene rings is 1. The molecule has 3 heterocycles. The van der Waals surface area contributed by atoms with Crippen LogP contribution in [0.25, 0.3) is 10.2 Å². The molecule has 0 fully saturated rings. The Hall–Kier alpha value is -1.78. The molecule has 0 saturated heterocycles. The van der Waals surface area contributed by atoms with Gasteiger partial charge in [0, 0.05) is 23.5 Å². The summed E-state index contributed by atoms with van der Waals surface area (Å²) in [7, 11) is 0. The van der Waals surface area contributed by atoms with Gasteiger partial charge in [0.25, 0.3) is 5.56 Å². The number of nitrogens with one attached hydrogen (secondary N) is 2. The van der Waals surface area contributed by atoms with Crippen LogP contribution in [0.1, 0.15) is 53.9 Å². The van der Waals surface area contributed by atoms with Gasteiger partial charge in [-0.25, -0.2) is 4.98 Å². The first-order valence-electron chi connectivity index (χ1n) is 9.87. The Bertz CT molecular complexity index is 1070. The molecule has 3 aromatic heterocycles. The minimum absolute atomic E-state index is 0.0297. The summed E-state index contributed by atoms with van der Waals surface area (Å²) >= 11 is 4.68. The molecule has 1 aliphatic carbocycles. The zero-order valence-corrected chi connectivity index (χ0v) is 18.7. The first-order valence-corrected chi connectivity index (χ1v) is 12.7. The van der Waals surface area contributed by atoms with E-state index >= 15 is 0 Å². The number of thioether (sulfide) groups is 1. The van der Waals surface area contributed by atoms with Gasteiger partial charge in [0.15, 0.2) is 0 Å². The molecule has 0 bridgehead atoms. The lowest BCUT2D eigenvalue weighted by Crippen LogP contribution is -2.13.